The fourth-order valence-corrected chi connectivity index (χ4v) is 4.52. The first-order valence-corrected chi connectivity index (χ1v) is 8.48. The molecule has 1 aliphatic rings. The van der Waals surface area contributed by atoms with Crippen LogP contribution in [0.2, 0.25) is 0 Å². The number of thiazole rings is 1. The van der Waals surface area contributed by atoms with E-state index < -0.39 is 10.0 Å². The summed E-state index contributed by atoms with van der Waals surface area (Å²) < 4.78 is 28.9. The summed E-state index contributed by atoms with van der Waals surface area (Å²) in [6.45, 7) is 2.55. The average Bonchev–Trinajstić information content (AvgIpc) is 2.82. The van der Waals surface area contributed by atoms with E-state index in [1.807, 2.05) is 0 Å². The molecule has 2 aromatic heterocycles. The minimum Gasteiger partial charge on any atom is -0.381 e. The van der Waals surface area contributed by atoms with Crippen molar-refractivity contribution in [1.29, 1.82) is 0 Å². The summed E-state index contributed by atoms with van der Waals surface area (Å²) in [6, 6.07) is 0. The number of hydrogen-bond donors (Lipinski definition) is 2. The van der Waals surface area contributed by atoms with Crippen molar-refractivity contribution < 1.29 is 8.42 Å². The van der Waals surface area contributed by atoms with Crippen LogP contribution in [-0.2, 0) is 10.0 Å². The predicted octanol–water partition coefficient (Wildman–Crippen LogP) is 1.45. The van der Waals surface area contributed by atoms with Crippen molar-refractivity contribution in [3.63, 3.8) is 0 Å². The van der Waals surface area contributed by atoms with E-state index >= 15 is 0 Å². The van der Waals surface area contributed by atoms with Gasteiger partial charge >= 0.3 is 0 Å². The molecular formula is C11H16N4O2S2. The molecule has 3 rings (SSSR count). The van der Waals surface area contributed by atoms with Gasteiger partial charge in [-0.2, -0.15) is 0 Å². The zero-order valence-electron chi connectivity index (χ0n) is 10.6. The summed E-state index contributed by atoms with van der Waals surface area (Å²) in [6.07, 6.45) is 4.96. The summed E-state index contributed by atoms with van der Waals surface area (Å²) in [7, 11) is -3.62. The minimum absolute atomic E-state index is 0.0478. The Bertz CT molecular complexity index is 712. The van der Waals surface area contributed by atoms with Crippen molar-refractivity contribution in [3.8, 4) is 0 Å². The summed E-state index contributed by atoms with van der Waals surface area (Å²) in [5, 5.41) is 1.83. The third-order valence-corrected chi connectivity index (χ3v) is 5.94. The SMILES string of the molecule is CC1(CNS(=O)(=O)c2c(N)nc3sccn23)CCC1. The molecule has 0 saturated heterocycles. The minimum atomic E-state index is -3.62. The predicted molar refractivity (Wildman–Crippen MR) is 74.6 cm³/mol. The molecule has 1 saturated carbocycles. The van der Waals surface area contributed by atoms with E-state index in [-0.39, 0.29) is 16.3 Å². The van der Waals surface area contributed by atoms with Gasteiger partial charge in [-0.1, -0.05) is 13.3 Å². The van der Waals surface area contributed by atoms with Gasteiger partial charge in [-0.15, -0.1) is 11.3 Å². The van der Waals surface area contributed by atoms with Gasteiger partial charge in [0.1, 0.15) is 0 Å². The number of nitrogens with one attached hydrogen (secondary N) is 1. The topological polar surface area (TPSA) is 89.5 Å². The molecule has 0 bridgehead atoms. The van der Waals surface area contributed by atoms with Crippen LogP contribution in [0.4, 0.5) is 5.82 Å². The molecule has 0 atom stereocenters. The van der Waals surface area contributed by atoms with Crippen LogP contribution in [0.1, 0.15) is 26.2 Å². The standard InChI is InChI=1S/C11H16N4O2S2/c1-11(3-2-4-11)7-13-19(16,17)9-8(12)14-10-15(9)5-6-18-10/h5-6,13H,2-4,7,12H2,1H3. The highest BCUT2D eigenvalue weighted by Crippen LogP contribution is 2.39. The lowest BCUT2D eigenvalue weighted by Gasteiger charge is -2.38. The number of nitrogens with two attached hydrogens (primary N) is 1. The molecular weight excluding hydrogens is 284 g/mol. The van der Waals surface area contributed by atoms with Crippen molar-refractivity contribution in [2.45, 2.75) is 31.2 Å². The highest BCUT2D eigenvalue weighted by molar-refractivity contribution is 7.89. The Morgan fingerprint density at radius 1 is 1.58 bits per heavy atom. The highest BCUT2D eigenvalue weighted by atomic mass is 32.2. The number of fused-ring (bicyclic) bond motifs is 1. The van der Waals surface area contributed by atoms with Gasteiger partial charge in [0.25, 0.3) is 10.0 Å². The van der Waals surface area contributed by atoms with Crippen LogP contribution in [0.25, 0.3) is 4.96 Å². The molecule has 0 spiro atoms. The Balaban J connectivity index is 1.91. The number of aromatic nitrogens is 2. The Kier molecular flexibility index (Phi) is 2.84. The lowest BCUT2D eigenvalue weighted by Crippen LogP contribution is -2.40. The van der Waals surface area contributed by atoms with Gasteiger partial charge in [0.2, 0.25) is 0 Å². The maximum absolute atomic E-state index is 12.4. The van der Waals surface area contributed by atoms with Gasteiger partial charge in [-0.25, -0.2) is 18.1 Å². The molecule has 1 aliphatic carbocycles. The van der Waals surface area contributed by atoms with Crippen molar-refractivity contribution >= 4 is 32.1 Å². The summed E-state index contributed by atoms with van der Waals surface area (Å²) >= 11 is 1.36. The fourth-order valence-electron chi connectivity index (χ4n) is 2.34. The Morgan fingerprint density at radius 3 is 2.95 bits per heavy atom. The lowest BCUT2D eigenvalue weighted by molar-refractivity contribution is 0.166. The number of nitrogens with zero attached hydrogens (tertiary/aromatic N) is 2. The second kappa shape index (κ2) is 4.19. The summed E-state index contributed by atoms with van der Waals surface area (Å²) in [5.74, 6) is 0.0538. The van der Waals surface area contributed by atoms with Gasteiger partial charge in [-0.3, -0.25) is 4.40 Å². The van der Waals surface area contributed by atoms with E-state index in [2.05, 4.69) is 16.6 Å². The van der Waals surface area contributed by atoms with Crippen LogP contribution < -0.4 is 10.5 Å². The Hall–Kier alpha value is -1.12. The molecule has 2 heterocycles. The van der Waals surface area contributed by atoms with Crippen molar-refractivity contribution in [1.82, 2.24) is 14.1 Å². The molecule has 0 unspecified atom stereocenters. The van der Waals surface area contributed by atoms with Gasteiger partial charge < -0.3 is 5.73 Å². The van der Waals surface area contributed by atoms with Gasteiger partial charge in [0, 0.05) is 18.1 Å². The molecule has 0 aliphatic heterocycles. The van der Waals surface area contributed by atoms with Crippen LogP contribution in [0.15, 0.2) is 16.6 Å². The quantitative estimate of drug-likeness (QED) is 0.894. The molecule has 2 aromatic rings. The Labute approximate surface area is 115 Å². The van der Waals surface area contributed by atoms with E-state index in [0.717, 1.165) is 12.8 Å². The summed E-state index contributed by atoms with van der Waals surface area (Å²) in [4.78, 5) is 4.65. The normalized spacial score (nSPS) is 18.6. The van der Waals surface area contributed by atoms with E-state index in [9.17, 15) is 8.42 Å². The highest BCUT2D eigenvalue weighted by Gasteiger charge is 2.34. The van der Waals surface area contributed by atoms with E-state index in [0.29, 0.717) is 11.5 Å². The molecule has 19 heavy (non-hydrogen) atoms. The monoisotopic (exact) mass is 300 g/mol. The van der Waals surface area contributed by atoms with Crippen LogP contribution >= 0.6 is 11.3 Å². The zero-order chi connectivity index (χ0) is 13.7. The largest absolute Gasteiger partial charge is 0.381 e. The third-order valence-electron chi connectivity index (χ3n) is 3.75. The van der Waals surface area contributed by atoms with Gasteiger partial charge in [0.15, 0.2) is 15.8 Å². The summed E-state index contributed by atoms with van der Waals surface area (Å²) in [5.41, 5.74) is 5.81. The number of imidazole rings is 1. The van der Waals surface area contributed by atoms with Crippen LogP contribution in [-0.4, -0.2) is 24.3 Å². The first-order chi connectivity index (χ1) is 8.91. The van der Waals surface area contributed by atoms with Gasteiger partial charge in [0.05, 0.1) is 0 Å². The van der Waals surface area contributed by atoms with Crippen molar-refractivity contribution in [3.05, 3.63) is 11.6 Å². The molecule has 0 radical (unpaired) electrons. The number of rotatable bonds is 4. The molecule has 8 heteroatoms. The van der Waals surface area contributed by atoms with E-state index in [1.54, 1.807) is 11.6 Å². The van der Waals surface area contributed by atoms with Crippen molar-refractivity contribution in [2.24, 2.45) is 5.41 Å². The molecule has 3 N–H and O–H groups in total. The first kappa shape index (κ1) is 12.9. The number of anilines is 1. The second-order valence-corrected chi connectivity index (χ2v) is 7.90. The average molecular weight is 300 g/mol. The molecule has 1 fully saturated rings. The van der Waals surface area contributed by atoms with Crippen LogP contribution in [0.5, 0.6) is 0 Å². The van der Waals surface area contributed by atoms with Crippen LogP contribution in [0, 0.1) is 5.41 Å². The van der Waals surface area contributed by atoms with E-state index in [4.69, 9.17) is 5.73 Å². The molecule has 0 aromatic carbocycles. The second-order valence-electron chi connectivity index (χ2n) is 5.35. The Morgan fingerprint density at radius 2 is 2.32 bits per heavy atom. The fraction of sp³-hybridized carbons (Fsp3) is 0.545. The maximum atomic E-state index is 12.4. The molecule has 6 nitrogen and oxygen atoms in total. The number of nitrogen functional groups attached to an aromatic ring is 1. The first-order valence-electron chi connectivity index (χ1n) is 6.12. The maximum Gasteiger partial charge on any atom is 0.260 e. The smallest absolute Gasteiger partial charge is 0.260 e. The number of hydrogen-bond acceptors (Lipinski definition) is 5. The van der Waals surface area contributed by atoms with Crippen LogP contribution in [0.3, 0.4) is 0 Å². The van der Waals surface area contributed by atoms with E-state index in [1.165, 1.54) is 22.2 Å². The molecule has 0 amide bonds. The zero-order valence-corrected chi connectivity index (χ0v) is 12.2. The van der Waals surface area contributed by atoms with Gasteiger partial charge in [-0.05, 0) is 18.3 Å². The van der Waals surface area contributed by atoms with Crippen molar-refractivity contribution in [2.75, 3.05) is 12.3 Å². The molecule has 104 valence electrons. The lowest BCUT2D eigenvalue weighted by atomic mass is 9.71. The third kappa shape index (κ3) is 2.13. The number of sulfonamides is 1.